The lowest BCUT2D eigenvalue weighted by Gasteiger charge is -2.10. The number of ether oxygens (including phenoxy) is 1. The van der Waals surface area contributed by atoms with E-state index in [9.17, 15) is 9.18 Å². The maximum absolute atomic E-state index is 13.1. The SMILES string of the molecule is C=CCNC(=O)c1ccc(OCc2cccc(F)c2)c(N)c1. The Balaban J connectivity index is 2.03. The Morgan fingerprint density at radius 3 is 2.82 bits per heavy atom. The third-order valence-corrected chi connectivity index (χ3v) is 2.96. The lowest BCUT2D eigenvalue weighted by atomic mass is 10.1. The molecule has 0 aliphatic carbocycles. The van der Waals surface area contributed by atoms with Crippen LogP contribution in [0.3, 0.4) is 0 Å². The van der Waals surface area contributed by atoms with Crippen molar-refractivity contribution in [3.05, 3.63) is 72.1 Å². The van der Waals surface area contributed by atoms with Crippen LogP contribution in [0.4, 0.5) is 10.1 Å². The molecule has 0 saturated carbocycles. The van der Waals surface area contributed by atoms with E-state index >= 15 is 0 Å². The second kappa shape index (κ2) is 7.26. The summed E-state index contributed by atoms with van der Waals surface area (Å²) >= 11 is 0. The first kappa shape index (κ1) is 15.6. The first-order valence-electron chi connectivity index (χ1n) is 6.76. The van der Waals surface area contributed by atoms with E-state index in [2.05, 4.69) is 11.9 Å². The van der Waals surface area contributed by atoms with Crippen molar-refractivity contribution in [3.63, 3.8) is 0 Å². The predicted molar refractivity (Wildman–Crippen MR) is 84.1 cm³/mol. The van der Waals surface area contributed by atoms with Crippen molar-refractivity contribution < 1.29 is 13.9 Å². The molecule has 5 heteroatoms. The molecule has 2 aromatic carbocycles. The summed E-state index contributed by atoms with van der Waals surface area (Å²) in [5, 5.41) is 2.66. The van der Waals surface area contributed by atoms with Crippen LogP contribution >= 0.6 is 0 Å². The van der Waals surface area contributed by atoms with Gasteiger partial charge in [-0.2, -0.15) is 0 Å². The molecule has 0 heterocycles. The van der Waals surface area contributed by atoms with E-state index < -0.39 is 0 Å². The Bertz CT molecular complexity index is 686. The highest BCUT2D eigenvalue weighted by atomic mass is 19.1. The first-order chi connectivity index (χ1) is 10.6. The summed E-state index contributed by atoms with van der Waals surface area (Å²) in [6.07, 6.45) is 1.59. The number of nitrogens with two attached hydrogens (primary N) is 1. The molecule has 3 N–H and O–H groups in total. The quantitative estimate of drug-likeness (QED) is 0.637. The van der Waals surface area contributed by atoms with Crippen LogP contribution < -0.4 is 15.8 Å². The molecule has 2 rings (SSSR count). The first-order valence-corrected chi connectivity index (χ1v) is 6.76. The zero-order valence-electron chi connectivity index (χ0n) is 12.0. The molecule has 2 aromatic rings. The smallest absolute Gasteiger partial charge is 0.251 e. The second-order valence-corrected chi connectivity index (χ2v) is 4.67. The maximum Gasteiger partial charge on any atom is 0.251 e. The summed E-state index contributed by atoms with van der Waals surface area (Å²) in [5.74, 6) is -0.101. The highest BCUT2D eigenvalue weighted by molar-refractivity contribution is 5.95. The predicted octanol–water partition coefficient (Wildman–Crippen LogP) is 2.90. The van der Waals surface area contributed by atoms with Crippen molar-refractivity contribution >= 4 is 11.6 Å². The monoisotopic (exact) mass is 300 g/mol. The Labute approximate surface area is 128 Å². The molecule has 0 bridgehead atoms. The van der Waals surface area contributed by atoms with Crippen LogP contribution in [-0.2, 0) is 6.61 Å². The van der Waals surface area contributed by atoms with Gasteiger partial charge in [-0.3, -0.25) is 4.79 Å². The summed E-state index contributed by atoms with van der Waals surface area (Å²) in [6, 6.07) is 10.9. The number of halogens is 1. The molecule has 0 aliphatic rings. The van der Waals surface area contributed by atoms with Crippen molar-refractivity contribution in [2.75, 3.05) is 12.3 Å². The van der Waals surface area contributed by atoms with Crippen molar-refractivity contribution in [1.82, 2.24) is 5.32 Å². The van der Waals surface area contributed by atoms with Gasteiger partial charge in [-0.15, -0.1) is 6.58 Å². The van der Waals surface area contributed by atoms with Crippen LogP contribution in [0, 0.1) is 5.82 Å². The molecule has 22 heavy (non-hydrogen) atoms. The molecule has 114 valence electrons. The summed E-state index contributed by atoms with van der Waals surface area (Å²) in [7, 11) is 0. The zero-order chi connectivity index (χ0) is 15.9. The second-order valence-electron chi connectivity index (χ2n) is 4.67. The van der Waals surface area contributed by atoms with Gasteiger partial charge in [0.15, 0.2) is 0 Å². The van der Waals surface area contributed by atoms with Crippen molar-refractivity contribution in [2.45, 2.75) is 6.61 Å². The van der Waals surface area contributed by atoms with Crippen LogP contribution in [0.25, 0.3) is 0 Å². The fraction of sp³-hybridized carbons (Fsp3) is 0.118. The molecule has 0 saturated heterocycles. The number of nitrogen functional groups attached to an aromatic ring is 1. The Kier molecular flexibility index (Phi) is 5.14. The summed E-state index contributed by atoms with van der Waals surface area (Å²) in [4.78, 5) is 11.8. The summed E-state index contributed by atoms with van der Waals surface area (Å²) < 4.78 is 18.6. The van der Waals surface area contributed by atoms with Gasteiger partial charge in [0.25, 0.3) is 5.91 Å². The van der Waals surface area contributed by atoms with Gasteiger partial charge in [-0.25, -0.2) is 4.39 Å². The highest BCUT2D eigenvalue weighted by Crippen LogP contribution is 2.23. The number of anilines is 1. The van der Waals surface area contributed by atoms with Crippen LogP contribution in [0.1, 0.15) is 15.9 Å². The Morgan fingerprint density at radius 2 is 2.14 bits per heavy atom. The van der Waals surface area contributed by atoms with E-state index in [4.69, 9.17) is 10.5 Å². The van der Waals surface area contributed by atoms with Crippen LogP contribution in [0.2, 0.25) is 0 Å². The van der Waals surface area contributed by atoms with Gasteiger partial charge in [-0.1, -0.05) is 18.2 Å². The topological polar surface area (TPSA) is 64.3 Å². The van der Waals surface area contributed by atoms with E-state index in [1.807, 2.05) is 0 Å². The molecule has 0 aromatic heterocycles. The third kappa shape index (κ3) is 4.09. The number of hydrogen-bond donors (Lipinski definition) is 2. The van der Waals surface area contributed by atoms with Gasteiger partial charge in [0.2, 0.25) is 0 Å². The van der Waals surface area contributed by atoms with Gasteiger partial charge < -0.3 is 15.8 Å². The van der Waals surface area contributed by atoms with Crippen LogP contribution in [0.5, 0.6) is 5.75 Å². The van der Waals surface area contributed by atoms with E-state index in [1.54, 1.807) is 36.4 Å². The summed E-state index contributed by atoms with van der Waals surface area (Å²) in [5.41, 5.74) is 7.38. The number of rotatable bonds is 6. The van der Waals surface area contributed by atoms with Crippen molar-refractivity contribution in [3.8, 4) is 5.75 Å². The van der Waals surface area contributed by atoms with Gasteiger partial charge in [0.05, 0.1) is 5.69 Å². The number of amides is 1. The largest absolute Gasteiger partial charge is 0.487 e. The number of nitrogens with one attached hydrogen (secondary N) is 1. The minimum Gasteiger partial charge on any atom is -0.487 e. The molecule has 0 spiro atoms. The zero-order valence-corrected chi connectivity index (χ0v) is 12.0. The molecular formula is C17H17FN2O2. The molecule has 0 radical (unpaired) electrons. The fourth-order valence-electron chi connectivity index (χ4n) is 1.88. The Hall–Kier alpha value is -2.82. The van der Waals surface area contributed by atoms with E-state index in [0.29, 0.717) is 29.1 Å². The lowest BCUT2D eigenvalue weighted by molar-refractivity contribution is 0.0958. The van der Waals surface area contributed by atoms with E-state index in [-0.39, 0.29) is 18.3 Å². The van der Waals surface area contributed by atoms with Crippen LogP contribution in [0.15, 0.2) is 55.1 Å². The van der Waals surface area contributed by atoms with Gasteiger partial charge in [0, 0.05) is 12.1 Å². The van der Waals surface area contributed by atoms with Crippen molar-refractivity contribution in [2.24, 2.45) is 0 Å². The molecule has 0 fully saturated rings. The fourth-order valence-corrected chi connectivity index (χ4v) is 1.88. The maximum atomic E-state index is 13.1. The number of carbonyl (C=O) groups is 1. The molecular weight excluding hydrogens is 283 g/mol. The molecule has 0 aliphatic heterocycles. The lowest BCUT2D eigenvalue weighted by Crippen LogP contribution is -2.23. The average Bonchev–Trinajstić information content (AvgIpc) is 2.51. The molecule has 4 nitrogen and oxygen atoms in total. The highest BCUT2D eigenvalue weighted by Gasteiger charge is 2.08. The molecule has 0 atom stereocenters. The summed E-state index contributed by atoms with van der Waals surface area (Å²) in [6.45, 7) is 4.12. The Morgan fingerprint density at radius 1 is 1.32 bits per heavy atom. The van der Waals surface area contributed by atoms with E-state index in [1.165, 1.54) is 12.1 Å². The van der Waals surface area contributed by atoms with Gasteiger partial charge in [-0.05, 0) is 35.9 Å². The minimum atomic E-state index is -0.316. The normalized spacial score (nSPS) is 10.0. The molecule has 0 unspecified atom stereocenters. The number of hydrogen-bond acceptors (Lipinski definition) is 3. The number of benzene rings is 2. The minimum absolute atomic E-state index is 0.198. The van der Waals surface area contributed by atoms with Gasteiger partial charge in [0.1, 0.15) is 18.2 Å². The average molecular weight is 300 g/mol. The number of carbonyl (C=O) groups excluding carboxylic acids is 1. The van der Waals surface area contributed by atoms with Crippen LogP contribution in [-0.4, -0.2) is 12.5 Å². The standard InChI is InChI=1S/C17H17FN2O2/c1-2-8-20-17(21)13-6-7-16(15(19)10-13)22-11-12-4-3-5-14(18)9-12/h2-7,9-10H,1,8,11,19H2,(H,20,21). The van der Waals surface area contributed by atoms with Crippen molar-refractivity contribution in [1.29, 1.82) is 0 Å². The van der Waals surface area contributed by atoms with E-state index in [0.717, 1.165) is 0 Å². The molecule has 1 amide bonds. The van der Waals surface area contributed by atoms with Gasteiger partial charge >= 0.3 is 0 Å². The third-order valence-electron chi connectivity index (χ3n) is 2.96.